The van der Waals surface area contributed by atoms with E-state index in [-0.39, 0.29) is 5.91 Å². The Bertz CT molecular complexity index is 476. The van der Waals surface area contributed by atoms with Gasteiger partial charge in [0.2, 0.25) is 0 Å². The lowest BCUT2D eigenvalue weighted by atomic mass is 10.0. The van der Waals surface area contributed by atoms with Crippen molar-refractivity contribution in [2.24, 2.45) is 0 Å². The number of piperidine rings is 1. The molecule has 2 N–H and O–H groups in total. The van der Waals surface area contributed by atoms with Crippen LogP contribution in [0.3, 0.4) is 0 Å². The van der Waals surface area contributed by atoms with Gasteiger partial charge in [-0.2, -0.15) is 0 Å². The third-order valence-electron chi connectivity index (χ3n) is 4.33. The van der Waals surface area contributed by atoms with Crippen LogP contribution >= 0.6 is 0 Å². The largest absolute Gasteiger partial charge is 0.367 e. The van der Waals surface area contributed by atoms with E-state index in [1.54, 1.807) is 6.20 Å². The first-order valence-corrected chi connectivity index (χ1v) is 8.00. The Labute approximate surface area is 126 Å². The Balaban J connectivity index is 1.50. The molecule has 1 amide bonds. The molecule has 0 aromatic carbocycles. The van der Waals surface area contributed by atoms with Gasteiger partial charge in [-0.1, -0.05) is 6.92 Å². The van der Waals surface area contributed by atoms with Gasteiger partial charge in [-0.3, -0.25) is 4.79 Å². The molecule has 114 valence electrons. The SMILES string of the molecule is CCN1CCC(NC(=O)c2ccc(NC3CC3)nc2)CC1. The average Bonchev–Trinajstić information content (AvgIpc) is 3.33. The van der Waals surface area contributed by atoms with Gasteiger partial charge in [0.15, 0.2) is 0 Å². The summed E-state index contributed by atoms with van der Waals surface area (Å²) in [4.78, 5) is 19.0. The van der Waals surface area contributed by atoms with Crippen LogP contribution in [-0.4, -0.2) is 47.5 Å². The summed E-state index contributed by atoms with van der Waals surface area (Å²) in [6, 6.07) is 4.63. The maximum absolute atomic E-state index is 12.2. The van der Waals surface area contributed by atoms with Crippen molar-refractivity contribution in [3.05, 3.63) is 23.9 Å². The third-order valence-corrected chi connectivity index (χ3v) is 4.33. The molecule has 1 saturated carbocycles. The molecular formula is C16H24N4O. The zero-order chi connectivity index (χ0) is 14.7. The van der Waals surface area contributed by atoms with Gasteiger partial charge in [-0.05, 0) is 44.4 Å². The van der Waals surface area contributed by atoms with Crippen molar-refractivity contribution in [1.29, 1.82) is 0 Å². The topological polar surface area (TPSA) is 57.3 Å². The van der Waals surface area contributed by atoms with Gasteiger partial charge in [0.25, 0.3) is 5.91 Å². The van der Waals surface area contributed by atoms with Gasteiger partial charge in [0.05, 0.1) is 5.56 Å². The van der Waals surface area contributed by atoms with Gasteiger partial charge >= 0.3 is 0 Å². The predicted molar refractivity (Wildman–Crippen MR) is 83.5 cm³/mol. The number of nitrogens with one attached hydrogen (secondary N) is 2. The van der Waals surface area contributed by atoms with E-state index < -0.39 is 0 Å². The fourth-order valence-corrected chi connectivity index (χ4v) is 2.71. The van der Waals surface area contributed by atoms with Gasteiger partial charge in [0.1, 0.15) is 5.82 Å². The summed E-state index contributed by atoms with van der Waals surface area (Å²) in [5.74, 6) is 0.862. The number of likely N-dealkylation sites (tertiary alicyclic amines) is 1. The maximum Gasteiger partial charge on any atom is 0.253 e. The molecule has 1 aromatic rings. The van der Waals surface area contributed by atoms with E-state index in [0.29, 0.717) is 17.6 Å². The Morgan fingerprint density at radius 3 is 2.57 bits per heavy atom. The van der Waals surface area contributed by atoms with Crippen LogP contribution in [-0.2, 0) is 0 Å². The van der Waals surface area contributed by atoms with Gasteiger partial charge < -0.3 is 15.5 Å². The number of rotatable bonds is 5. The Kier molecular flexibility index (Phi) is 4.39. The first-order chi connectivity index (χ1) is 10.2. The van der Waals surface area contributed by atoms with E-state index in [0.717, 1.165) is 38.3 Å². The van der Waals surface area contributed by atoms with Crippen molar-refractivity contribution in [3.63, 3.8) is 0 Å². The van der Waals surface area contributed by atoms with Crippen LogP contribution < -0.4 is 10.6 Å². The normalized spacial score (nSPS) is 20.2. The molecule has 1 aromatic heterocycles. The van der Waals surface area contributed by atoms with E-state index in [2.05, 4.69) is 27.4 Å². The Hall–Kier alpha value is -1.62. The molecule has 5 heteroatoms. The highest BCUT2D eigenvalue weighted by Gasteiger charge is 2.22. The highest BCUT2D eigenvalue weighted by atomic mass is 16.1. The molecule has 21 heavy (non-hydrogen) atoms. The van der Waals surface area contributed by atoms with Crippen LogP contribution in [0.25, 0.3) is 0 Å². The number of anilines is 1. The van der Waals surface area contributed by atoms with Crippen molar-refractivity contribution in [3.8, 4) is 0 Å². The second kappa shape index (κ2) is 6.43. The third kappa shape index (κ3) is 3.94. The summed E-state index contributed by atoms with van der Waals surface area (Å²) in [7, 11) is 0. The van der Waals surface area contributed by atoms with Gasteiger partial charge in [-0.15, -0.1) is 0 Å². The molecule has 0 radical (unpaired) electrons. The molecule has 3 rings (SSSR count). The molecule has 1 saturated heterocycles. The fraction of sp³-hybridized carbons (Fsp3) is 0.625. The van der Waals surface area contributed by atoms with Gasteiger partial charge in [-0.25, -0.2) is 4.98 Å². The molecule has 5 nitrogen and oxygen atoms in total. The zero-order valence-electron chi connectivity index (χ0n) is 12.6. The van der Waals surface area contributed by atoms with Crippen LogP contribution in [0.4, 0.5) is 5.82 Å². The highest BCUT2D eigenvalue weighted by molar-refractivity contribution is 5.94. The quantitative estimate of drug-likeness (QED) is 0.868. The summed E-state index contributed by atoms with van der Waals surface area (Å²) < 4.78 is 0. The number of aromatic nitrogens is 1. The number of hydrogen-bond donors (Lipinski definition) is 2. The van der Waals surface area contributed by atoms with Crippen LogP contribution in [0.1, 0.15) is 43.0 Å². The van der Waals surface area contributed by atoms with E-state index in [9.17, 15) is 4.79 Å². The van der Waals surface area contributed by atoms with Crippen LogP contribution in [0.15, 0.2) is 18.3 Å². The minimum atomic E-state index is -0.00424. The lowest BCUT2D eigenvalue weighted by molar-refractivity contribution is 0.0912. The number of hydrogen-bond acceptors (Lipinski definition) is 4. The number of pyridine rings is 1. The van der Waals surface area contributed by atoms with Crippen LogP contribution in [0, 0.1) is 0 Å². The zero-order valence-corrected chi connectivity index (χ0v) is 12.6. The fourth-order valence-electron chi connectivity index (χ4n) is 2.71. The second-order valence-electron chi connectivity index (χ2n) is 6.03. The second-order valence-corrected chi connectivity index (χ2v) is 6.03. The monoisotopic (exact) mass is 288 g/mol. The number of carbonyl (C=O) groups excluding carboxylic acids is 1. The first kappa shape index (κ1) is 14.3. The predicted octanol–water partition coefficient (Wildman–Crippen LogP) is 1.87. The molecular weight excluding hydrogens is 264 g/mol. The van der Waals surface area contributed by atoms with Crippen molar-refractivity contribution >= 4 is 11.7 Å². The number of nitrogens with zero attached hydrogens (tertiary/aromatic N) is 2. The Morgan fingerprint density at radius 2 is 2.00 bits per heavy atom. The lowest BCUT2D eigenvalue weighted by Gasteiger charge is -2.31. The Morgan fingerprint density at radius 1 is 1.24 bits per heavy atom. The number of carbonyl (C=O) groups is 1. The van der Waals surface area contributed by atoms with E-state index in [4.69, 9.17) is 0 Å². The lowest BCUT2D eigenvalue weighted by Crippen LogP contribution is -2.44. The molecule has 1 aliphatic heterocycles. The number of amides is 1. The van der Waals surface area contributed by atoms with Crippen molar-refractivity contribution in [2.75, 3.05) is 25.0 Å². The molecule has 0 spiro atoms. The summed E-state index contributed by atoms with van der Waals surface area (Å²) >= 11 is 0. The van der Waals surface area contributed by atoms with E-state index >= 15 is 0 Å². The molecule has 0 atom stereocenters. The average molecular weight is 288 g/mol. The molecule has 2 fully saturated rings. The van der Waals surface area contributed by atoms with Gasteiger partial charge in [0, 0.05) is 31.4 Å². The van der Waals surface area contributed by atoms with Crippen LogP contribution in [0.5, 0.6) is 0 Å². The molecule has 0 bridgehead atoms. The molecule has 1 aliphatic carbocycles. The molecule has 0 unspecified atom stereocenters. The first-order valence-electron chi connectivity index (χ1n) is 8.00. The summed E-state index contributed by atoms with van der Waals surface area (Å²) in [5, 5.41) is 6.45. The van der Waals surface area contributed by atoms with E-state index in [1.807, 2.05) is 12.1 Å². The summed E-state index contributed by atoms with van der Waals surface area (Å²) in [6.45, 7) is 5.43. The highest BCUT2D eigenvalue weighted by Crippen LogP contribution is 2.23. The van der Waals surface area contributed by atoms with Crippen LogP contribution in [0.2, 0.25) is 0 Å². The maximum atomic E-state index is 12.2. The standard InChI is InChI=1S/C16H24N4O/c1-2-20-9-7-14(8-10-20)19-16(21)12-3-6-15(17-11-12)18-13-4-5-13/h3,6,11,13-14H,2,4-5,7-10H2,1H3,(H,17,18)(H,19,21). The van der Waals surface area contributed by atoms with Crippen molar-refractivity contribution < 1.29 is 4.79 Å². The molecule has 2 heterocycles. The minimum Gasteiger partial charge on any atom is -0.367 e. The summed E-state index contributed by atoms with van der Waals surface area (Å²) in [5.41, 5.74) is 0.647. The van der Waals surface area contributed by atoms with Crippen molar-refractivity contribution in [2.45, 2.75) is 44.7 Å². The van der Waals surface area contributed by atoms with Crippen molar-refractivity contribution in [1.82, 2.24) is 15.2 Å². The minimum absolute atomic E-state index is 0.00424. The summed E-state index contributed by atoms with van der Waals surface area (Å²) in [6.07, 6.45) is 6.19. The molecule has 2 aliphatic rings. The van der Waals surface area contributed by atoms with E-state index in [1.165, 1.54) is 12.8 Å². The smallest absolute Gasteiger partial charge is 0.253 e.